The topological polar surface area (TPSA) is 29.0 Å². The Morgan fingerprint density at radius 1 is 1.25 bits per heavy atom. The number of piperidine rings is 1. The van der Waals surface area contributed by atoms with Crippen molar-refractivity contribution in [1.82, 2.24) is 14.9 Å². The number of rotatable bonds is 2. The maximum Gasteiger partial charge on any atom is 0.127 e. The largest absolute Gasteiger partial charge is 0.298 e. The minimum Gasteiger partial charge on any atom is -0.298 e. The second kappa shape index (κ2) is 5.88. The zero-order chi connectivity index (χ0) is 16.7. The fourth-order valence-corrected chi connectivity index (χ4v) is 4.29. The molecule has 2 aliphatic rings. The third-order valence-electron chi connectivity index (χ3n) is 5.42. The van der Waals surface area contributed by atoms with Gasteiger partial charge in [-0.15, -0.1) is 0 Å². The predicted molar refractivity (Wildman–Crippen MR) is 87.6 cm³/mol. The SMILES string of the molecule is Cc1ncc2c(n1)C1(CCCN(Cc3cc(F)ccc3F)C1)CC2. The second-order valence-electron chi connectivity index (χ2n) is 7.12. The van der Waals surface area contributed by atoms with Gasteiger partial charge in [0.15, 0.2) is 0 Å². The van der Waals surface area contributed by atoms with E-state index in [9.17, 15) is 8.78 Å². The number of hydrogen-bond acceptors (Lipinski definition) is 3. The van der Waals surface area contributed by atoms with Crippen LogP contribution in [0.4, 0.5) is 8.78 Å². The average Bonchev–Trinajstić information content (AvgIpc) is 2.89. The van der Waals surface area contributed by atoms with Crippen LogP contribution in [0, 0.1) is 18.6 Å². The lowest BCUT2D eigenvalue weighted by Crippen LogP contribution is -2.45. The maximum atomic E-state index is 14.0. The van der Waals surface area contributed by atoms with Gasteiger partial charge in [0.2, 0.25) is 0 Å². The molecule has 4 rings (SSSR count). The second-order valence-corrected chi connectivity index (χ2v) is 7.12. The molecule has 1 aliphatic carbocycles. The fraction of sp³-hybridized carbons (Fsp3) is 0.474. The van der Waals surface area contributed by atoms with Gasteiger partial charge in [-0.05, 0) is 62.9 Å². The van der Waals surface area contributed by atoms with E-state index < -0.39 is 0 Å². The lowest BCUT2D eigenvalue weighted by atomic mass is 9.77. The summed E-state index contributed by atoms with van der Waals surface area (Å²) in [6.07, 6.45) is 6.20. The molecule has 24 heavy (non-hydrogen) atoms. The molecule has 126 valence electrons. The van der Waals surface area contributed by atoms with Crippen LogP contribution in [0.25, 0.3) is 0 Å². The molecular weight excluding hydrogens is 308 g/mol. The standard InChI is InChI=1S/C19H21F2N3/c1-13-22-10-14-5-7-19(18(14)23-13)6-2-8-24(12-19)11-15-9-16(20)3-4-17(15)21/h3-4,9-10H,2,5-8,11-12H2,1H3. The molecule has 0 N–H and O–H groups in total. The van der Waals surface area contributed by atoms with Crippen molar-refractivity contribution in [2.24, 2.45) is 0 Å². The van der Waals surface area contributed by atoms with E-state index in [2.05, 4.69) is 9.88 Å². The van der Waals surface area contributed by atoms with Gasteiger partial charge in [0.25, 0.3) is 0 Å². The Labute approximate surface area is 140 Å². The van der Waals surface area contributed by atoms with Gasteiger partial charge in [0.1, 0.15) is 17.5 Å². The number of benzene rings is 1. The lowest BCUT2D eigenvalue weighted by Gasteiger charge is -2.40. The van der Waals surface area contributed by atoms with Gasteiger partial charge in [0, 0.05) is 30.3 Å². The van der Waals surface area contributed by atoms with E-state index in [0.717, 1.165) is 44.6 Å². The van der Waals surface area contributed by atoms with E-state index in [0.29, 0.717) is 12.1 Å². The Kier molecular flexibility index (Phi) is 3.83. The summed E-state index contributed by atoms with van der Waals surface area (Å²) in [5.41, 5.74) is 2.91. The molecule has 0 radical (unpaired) electrons. The minimum absolute atomic E-state index is 0.0467. The highest BCUT2D eigenvalue weighted by Crippen LogP contribution is 2.44. The summed E-state index contributed by atoms with van der Waals surface area (Å²) < 4.78 is 27.4. The molecule has 1 spiro atoms. The summed E-state index contributed by atoms with van der Waals surface area (Å²) in [5.74, 6) is 0.0945. The van der Waals surface area contributed by atoms with Gasteiger partial charge in [-0.3, -0.25) is 4.90 Å². The van der Waals surface area contributed by atoms with Crippen molar-refractivity contribution in [1.29, 1.82) is 0 Å². The van der Waals surface area contributed by atoms with Crippen LogP contribution in [0.3, 0.4) is 0 Å². The van der Waals surface area contributed by atoms with Gasteiger partial charge < -0.3 is 0 Å². The molecule has 1 atom stereocenters. The van der Waals surface area contributed by atoms with Crippen LogP contribution in [0.1, 0.15) is 41.9 Å². The van der Waals surface area contributed by atoms with E-state index >= 15 is 0 Å². The van der Waals surface area contributed by atoms with E-state index in [-0.39, 0.29) is 17.0 Å². The number of aryl methyl sites for hydroxylation is 2. The first-order valence-electron chi connectivity index (χ1n) is 8.55. The molecule has 1 aromatic heterocycles. The van der Waals surface area contributed by atoms with Gasteiger partial charge in [0.05, 0.1) is 5.69 Å². The summed E-state index contributed by atoms with van der Waals surface area (Å²) in [6, 6.07) is 3.70. The highest BCUT2D eigenvalue weighted by Gasteiger charge is 2.43. The Balaban J connectivity index is 1.59. The van der Waals surface area contributed by atoms with Crippen LogP contribution in [0.15, 0.2) is 24.4 Å². The molecule has 1 unspecified atom stereocenters. The number of aromatic nitrogens is 2. The van der Waals surface area contributed by atoms with Crippen molar-refractivity contribution < 1.29 is 8.78 Å². The Hall–Kier alpha value is -1.88. The minimum atomic E-state index is -0.382. The fourth-order valence-electron chi connectivity index (χ4n) is 4.29. The third kappa shape index (κ3) is 2.71. The first kappa shape index (κ1) is 15.6. The summed E-state index contributed by atoms with van der Waals surface area (Å²) in [6.45, 7) is 4.14. The smallest absolute Gasteiger partial charge is 0.127 e. The van der Waals surface area contributed by atoms with E-state index in [1.165, 1.54) is 29.5 Å². The number of nitrogens with zero attached hydrogens (tertiary/aromatic N) is 3. The molecule has 5 heteroatoms. The van der Waals surface area contributed by atoms with Crippen LogP contribution in [0.5, 0.6) is 0 Å². The number of likely N-dealkylation sites (tertiary alicyclic amines) is 1. The monoisotopic (exact) mass is 329 g/mol. The first-order valence-corrected chi connectivity index (χ1v) is 8.55. The maximum absolute atomic E-state index is 14.0. The summed E-state index contributed by atoms with van der Waals surface area (Å²) >= 11 is 0. The van der Waals surface area contributed by atoms with E-state index in [1.54, 1.807) is 0 Å². The van der Waals surface area contributed by atoms with Crippen molar-refractivity contribution >= 4 is 0 Å². The zero-order valence-corrected chi connectivity index (χ0v) is 13.9. The third-order valence-corrected chi connectivity index (χ3v) is 5.42. The van der Waals surface area contributed by atoms with Gasteiger partial charge in [-0.2, -0.15) is 0 Å². The quantitative estimate of drug-likeness (QED) is 0.844. The molecule has 2 heterocycles. The molecule has 0 saturated carbocycles. The average molecular weight is 329 g/mol. The highest BCUT2D eigenvalue weighted by molar-refractivity contribution is 5.34. The molecule has 1 fully saturated rings. The van der Waals surface area contributed by atoms with Gasteiger partial charge in [-0.25, -0.2) is 18.7 Å². The highest BCUT2D eigenvalue weighted by atomic mass is 19.1. The van der Waals surface area contributed by atoms with Crippen LogP contribution >= 0.6 is 0 Å². The van der Waals surface area contributed by atoms with Crippen LogP contribution < -0.4 is 0 Å². The Morgan fingerprint density at radius 3 is 3.00 bits per heavy atom. The molecule has 0 bridgehead atoms. The normalized spacial score (nSPS) is 23.6. The van der Waals surface area contributed by atoms with Gasteiger partial charge in [-0.1, -0.05) is 0 Å². The van der Waals surface area contributed by atoms with Gasteiger partial charge >= 0.3 is 0 Å². The zero-order valence-electron chi connectivity index (χ0n) is 13.9. The summed E-state index contributed by atoms with van der Waals surface area (Å²) in [5, 5.41) is 0. The summed E-state index contributed by atoms with van der Waals surface area (Å²) in [4.78, 5) is 11.3. The molecule has 1 aliphatic heterocycles. The summed E-state index contributed by atoms with van der Waals surface area (Å²) in [7, 11) is 0. The molecule has 1 saturated heterocycles. The number of hydrogen-bond donors (Lipinski definition) is 0. The number of fused-ring (bicyclic) bond motifs is 2. The number of halogens is 2. The van der Waals surface area contributed by atoms with Crippen molar-refractivity contribution in [2.45, 2.75) is 44.6 Å². The van der Waals surface area contributed by atoms with E-state index in [1.807, 2.05) is 13.1 Å². The van der Waals surface area contributed by atoms with Crippen LogP contribution in [-0.4, -0.2) is 28.0 Å². The van der Waals surface area contributed by atoms with Crippen LogP contribution in [0.2, 0.25) is 0 Å². The van der Waals surface area contributed by atoms with Crippen molar-refractivity contribution in [3.05, 3.63) is 58.7 Å². The van der Waals surface area contributed by atoms with Crippen molar-refractivity contribution in [2.75, 3.05) is 13.1 Å². The lowest BCUT2D eigenvalue weighted by molar-refractivity contribution is 0.135. The van der Waals surface area contributed by atoms with Crippen molar-refractivity contribution in [3.8, 4) is 0 Å². The molecule has 1 aromatic carbocycles. The van der Waals surface area contributed by atoms with E-state index in [4.69, 9.17) is 4.98 Å². The first-order chi connectivity index (χ1) is 11.6. The molecule has 3 nitrogen and oxygen atoms in total. The van der Waals surface area contributed by atoms with Crippen molar-refractivity contribution in [3.63, 3.8) is 0 Å². The Morgan fingerprint density at radius 2 is 2.12 bits per heavy atom. The predicted octanol–water partition coefficient (Wildman–Crippen LogP) is 3.54. The molecule has 0 amide bonds. The molecule has 2 aromatic rings. The molecular formula is C19H21F2N3. The van der Waals surface area contributed by atoms with Crippen LogP contribution in [-0.2, 0) is 18.4 Å². The Bertz CT molecular complexity index is 773.